The molecule has 1 amide bonds. The van der Waals surface area contributed by atoms with Gasteiger partial charge in [0.25, 0.3) is 0 Å². The van der Waals surface area contributed by atoms with E-state index in [2.05, 4.69) is 10.6 Å². The highest BCUT2D eigenvalue weighted by atomic mass is 16.4. The number of carbonyl (C=O) groups excluding carboxylic acids is 1. The molecule has 5 nitrogen and oxygen atoms in total. The van der Waals surface area contributed by atoms with Gasteiger partial charge in [-0.25, -0.2) is 0 Å². The first-order valence-electron chi connectivity index (χ1n) is 5.90. The number of rotatable bonds is 5. The molecule has 16 heavy (non-hydrogen) atoms. The SMILES string of the molecule is O=C(O)CCCCC1CCC(=O)NCCN1. The highest BCUT2D eigenvalue weighted by Gasteiger charge is 2.13. The Kier molecular flexibility index (Phi) is 5.85. The third-order valence-corrected chi connectivity index (χ3v) is 2.79. The van der Waals surface area contributed by atoms with E-state index in [0.29, 0.717) is 19.0 Å². The first-order valence-corrected chi connectivity index (χ1v) is 5.90. The van der Waals surface area contributed by atoms with E-state index in [1.165, 1.54) is 0 Å². The Bertz CT molecular complexity index is 243. The fourth-order valence-corrected chi connectivity index (χ4v) is 1.89. The van der Waals surface area contributed by atoms with Gasteiger partial charge in [0.05, 0.1) is 0 Å². The van der Waals surface area contributed by atoms with E-state index in [1.807, 2.05) is 0 Å². The van der Waals surface area contributed by atoms with Gasteiger partial charge in [0.1, 0.15) is 0 Å². The minimum absolute atomic E-state index is 0.122. The maximum absolute atomic E-state index is 11.2. The molecule has 1 saturated heterocycles. The number of amides is 1. The summed E-state index contributed by atoms with van der Waals surface area (Å²) >= 11 is 0. The second-order valence-corrected chi connectivity index (χ2v) is 4.18. The van der Waals surface area contributed by atoms with Crippen LogP contribution in [0.4, 0.5) is 0 Å². The second kappa shape index (κ2) is 7.22. The third kappa shape index (κ3) is 5.70. The molecule has 0 aliphatic carbocycles. The van der Waals surface area contributed by atoms with Crippen molar-refractivity contribution in [3.63, 3.8) is 0 Å². The van der Waals surface area contributed by atoms with Crippen molar-refractivity contribution in [2.75, 3.05) is 13.1 Å². The van der Waals surface area contributed by atoms with Crippen molar-refractivity contribution in [3.8, 4) is 0 Å². The van der Waals surface area contributed by atoms with E-state index < -0.39 is 5.97 Å². The molecule has 0 aromatic rings. The summed E-state index contributed by atoms with van der Waals surface area (Å²) in [6.45, 7) is 1.49. The molecule has 92 valence electrons. The van der Waals surface area contributed by atoms with Crippen LogP contribution in [0.3, 0.4) is 0 Å². The number of carbonyl (C=O) groups is 2. The molecule has 0 spiro atoms. The molecule has 1 aliphatic rings. The van der Waals surface area contributed by atoms with Crippen LogP contribution in [-0.2, 0) is 9.59 Å². The van der Waals surface area contributed by atoms with E-state index in [0.717, 1.165) is 32.2 Å². The van der Waals surface area contributed by atoms with E-state index in [9.17, 15) is 9.59 Å². The zero-order valence-electron chi connectivity index (χ0n) is 9.50. The summed E-state index contributed by atoms with van der Waals surface area (Å²) in [5, 5.41) is 14.7. The summed E-state index contributed by atoms with van der Waals surface area (Å²) in [5.41, 5.74) is 0. The van der Waals surface area contributed by atoms with Crippen LogP contribution in [-0.4, -0.2) is 36.1 Å². The molecule has 1 rings (SSSR count). The quantitative estimate of drug-likeness (QED) is 0.599. The van der Waals surface area contributed by atoms with Gasteiger partial charge in [0.15, 0.2) is 0 Å². The van der Waals surface area contributed by atoms with Gasteiger partial charge in [-0.05, 0) is 19.3 Å². The number of nitrogens with one attached hydrogen (secondary N) is 2. The summed E-state index contributed by atoms with van der Waals surface area (Å²) in [6.07, 6.45) is 4.24. The van der Waals surface area contributed by atoms with Gasteiger partial charge in [0.2, 0.25) is 5.91 Å². The molecule has 1 atom stereocenters. The van der Waals surface area contributed by atoms with E-state index >= 15 is 0 Å². The molecular weight excluding hydrogens is 208 g/mol. The molecule has 1 unspecified atom stereocenters. The lowest BCUT2D eigenvalue weighted by Crippen LogP contribution is -2.41. The molecule has 0 aromatic heterocycles. The Morgan fingerprint density at radius 1 is 1.38 bits per heavy atom. The van der Waals surface area contributed by atoms with Crippen molar-refractivity contribution < 1.29 is 14.7 Å². The Labute approximate surface area is 95.6 Å². The van der Waals surface area contributed by atoms with Crippen LogP contribution >= 0.6 is 0 Å². The fourth-order valence-electron chi connectivity index (χ4n) is 1.89. The Morgan fingerprint density at radius 3 is 2.94 bits per heavy atom. The number of carboxylic acid groups (broad SMARTS) is 1. The average Bonchev–Trinajstić information content (AvgIpc) is 2.21. The lowest BCUT2D eigenvalue weighted by molar-refractivity contribution is -0.137. The largest absolute Gasteiger partial charge is 0.481 e. The van der Waals surface area contributed by atoms with Gasteiger partial charge in [0, 0.05) is 32.0 Å². The summed E-state index contributed by atoms with van der Waals surface area (Å²) in [7, 11) is 0. The summed E-state index contributed by atoms with van der Waals surface area (Å²) in [5.74, 6) is -0.609. The van der Waals surface area contributed by atoms with Crippen LogP contribution < -0.4 is 10.6 Å². The van der Waals surface area contributed by atoms with Crippen LogP contribution in [0.25, 0.3) is 0 Å². The average molecular weight is 228 g/mol. The molecular formula is C11H20N2O3. The number of carboxylic acids is 1. The lowest BCUT2D eigenvalue weighted by atomic mass is 10.0. The van der Waals surface area contributed by atoms with Gasteiger partial charge in [-0.1, -0.05) is 6.42 Å². The lowest BCUT2D eigenvalue weighted by Gasteiger charge is -2.21. The van der Waals surface area contributed by atoms with Gasteiger partial charge in [-0.3, -0.25) is 9.59 Å². The molecule has 0 aromatic carbocycles. The normalized spacial score (nSPS) is 22.0. The van der Waals surface area contributed by atoms with Crippen molar-refractivity contribution in [1.82, 2.24) is 10.6 Å². The van der Waals surface area contributed by atoms with Crippen LogP contribution in [0.5, 0.6) is 0 Å². The smallest absolute Gasteiger partial charge is 0.303 e. The van der Waals surface area contributed by atoms with Gasteiger partial charge in [-0.15, -0.1) is 0 Å². The minimum Gasteiger partial charge on any atom is -0.481 e. The number of aliphatic carboxylic acids is 1. The van der Waals surface area contributed by atoms with E-state index in [4.69, 9.17) is 5.11 Å². The number of unbranched alkanes of at least 4 members (excludes halogenated alkanes) is 1. The molecule has 3 N–H and O–H groups in total. The molecule has 1 heterocycles. The van der Waals surface area contributed by atoms with Gasteiger partial charge in [-0.2, -0.15) is 0 Å². The van der Waals surface area contributed by atoms with Crippen molar-refractivity contribution in [2.24, 2.45) is 0 Å². The van der Waals surface area contributed by atoms with Crippen LogP contribution in [0.2, 0.25) is 0 Å². The molecule has 5 heteroatoms. The predicted octanol–water partition coefficient (Wildman–Crippen LogP) is 0.500. The molecule has 0 bridgehead atoms. The molecule has 0 radical (unpaired) electrons. The van der Waals surface area contributed by atoms with Crippen molar-refractivity contribution in [2.45, 2.75) is 44.6 Å². The first-order chi connectivity index (χ1) is 7.68. The van der Waals surface area contributed by atoms with Crippen LogP contribution in [0.15, 0.2) is 0 Å². The number of hydrogen-bond donors (Lipinski definition) is 3. The molecule has 1 aliphatic heterocycles. The summed E-state index contributed by atoms with van der Waals surface area (Å²) in [6, 6.07) is 0.361. The van der Waals surface area contributed by atoms with Crippen LogP contribution in [0.1, 0.15) is 38.5 Å². The Balaban J connectivity index is 2.14. The van der Waals surface area contributed by atoms with Crippen LogP contribution in [0, 0.1) is 0 Å². The molecule has 0 saturated carbocycles. The maximum atomic E-state index is 11.2. The maximum Gasteiger partial charge on any atom is 0.303 e. The van der Waals surface area contributed by atoms with Gasteiger partial charge >= 0.3 is 5.97 Å². The fraction of sp³-hybridized carbons (Fsp3) is 0.818. The zero-order chi connectivity index (χ0) is 11.8. The minimum atomic E-state index is -0.731. The molecule has 1 fully saturated rings. The zero-order valence-corrected chi connectivity index (χ0v) is 9.50. The number of hydrogen-bond acceptors (Lipinski definition) is 3. The predicted molar refractivity (Wildman–Crippen MR) is 60.1 cm³/mol. The Hall–Kier alpha value is -1.10. The summed E-state index contributed by atoms with van der Waals surface area (Å²) < 4.78 is 0. The standard InChI is InChI=1S/C11H20N2O3/c14-10-6-5-9(12-7-8-13-10)3-1-2-4-11(15)16/h9,12H,1-8H2,(H,13,14)(H,15,16). The topological polar surface area (TPSA) is 78.4 Å². The second-order valence-electron chi connectivity index (χ2n) is 4.18. The first kappa shape index (κ1) is 13.0. The summed E-state index contributed by atoms with van der Waals surface area (Å²) in [4.78, 5) is 21.5. The highest BCUT2D eigenvalue weighted by Crippen LogP contribution is 2.09. The third-order valence-electron chi connectivity index (χ3n) is 2.79. The van der Waals surface area contributed by atoms with Crippen molar-refractivity contribution >= 4 is 11.9 Å². The van der Waals surface area contributed by atoms with Crippen molar-refractivity contribution in [1.29, 1.82) is 0 Å². The van der Waals surface area contributed by atoms with Gasteiger partial charge < -0.3 is 15.7 Å². The van der Waals surface area contributed by atoms with Crippen molar-refractivity contribution in [3.05, 3.63) is 0 Å². The highest BCUT2D eigenvalue weighted by molar-refractivity contribution is 5.75. The Morgan fingerprint density at radius 2 is 2.19 bits per heavy atom. The van der Waals surface area contributed by atoms with E-state index in [-0.39, 0.29) is 12.3 Å². The monoisotopic (exact) mass is 228 g/mol. The van der Waals surface area contributed by atoms with E-state index in [1.54, 1.807) is 0 Å².